The van der Waals surface area contributed by atoms with Crippen LogP contribution in [0.3, 0.4) is 0 Å². The van der Waals surface area contributed by atoms with E-state index in [4.69, 9.17) is 0 Å². The molecule has 0 aliphatic rings. The second-order valence-corrected chi connectivity index (χ2v) is 9.25. The molecule has 5 nitrogen and oxygen atoms in total. The molecular weight excluding hydrogens is 299 g/mol. The third-order valence-corrected chi connectivity index (χ3v) is 8.56. The van der Waals surface area contributed by atoms with Crippen molar-refractivity contribution >= 4 is 42.5 Å². The van der Waals surface area contributed by atoms with E-state index >= 15 is 0 Å². The van der Waals surface area contributed by atoms with Crippen LogP contribution in [0.25, 0.3) is 0 Å². The smallest absolute Gasteiger partial charge is 0.323 e. The fraction of sp³-hybridized carbons (Fsp3) is 0.750. The van der Waals surface area contributed by atoms with Crippen LogP contribution in [0.1, 0.15) is 26.7 Å². The maximum atomic E-state index is 11.6. The van der Waals surface area contributed by atoms with Crippen LogP contribution in [-0.4, -0.2) is 30.7 Å². The summed E-state index contributed by atoms with van der Waals surface area (Å²) in [6.45, 7) is 3.57. The lowest BCUT2D eigenvalue weighted by Crippen LogP contribution is -2.22. The Morgan fingerprint density at radius 3 is 2.18 bits per heavy atom. The zero-order chi connectivity index (χ0) is 13.1. The molecule has 98 valence electrons. The fourth-order valence-electron chi connectivity index (χ4n) is 1.35. The van der Waals surface area contributed by atoms with E-state index in [1.54, 1.807) is 13.8 Å². The highest BCUT2D eigenvalue weighted by molar-refractivity contribution is 8.08. The zero-order valence-electron chi connectivity index (χ0n) is 9.78. The molecule has 0 radical (unpaired) electrons. The van der Waals surface area contributed by atoms with Crippen molar-refractivity contribution in [3.05, 3.63) is 0 Å². The van der Waals surface area contributed by atoms with Crippen LogP contribution in [0.2, 0.25) is 0 Å². The Hall–Kier alpha value is 0.410. The molecule has 1 heterocycles. The van der Waals surface area contributed by atoms with Crippen molar-refractivity contribution in [1.29, 1.82) is 0 Å². The monoisotopic (exact) mass is 314 g/mol. The Kier molecular flexibility index (Phi) is 5.49. The van der Waals surface area contributed by atoms with Crippen LogP contribution in [0, 0.1) is 0 Å². The predicted octanol–water partition coefficient (Wildman–Crippen LogP) is 3.05. The highest BCUT2D eigenvalue weighted by Gasteiger charge is 2.45. The standard InChI is InChI=1S/C8H15N2O3PS3/c1-4-8(5-2,14(11,12)13)17-7-10-9-6(15-3)16-7/h4-5H2,1-3H3,(H2,11,12,13). The van der Waals surface area contributed by atoms with Crippen LogP contribution >= 0.6 is 42.5 Å². The molecule has 0 fully saturated rings. The summed E-state index contributed by atoms with van der Waals surface area (Å²) in [6.07, 6.45) is 2.68. The average molecular weight is 314 g/mol. The number of nitrogens with zero attached hydrogens (tertiary/aromatic N) is 2. The minimum absolute atomic E-state index is 0.395. The molecule has 0 saturated heterocycles. The number of rotatable bonds is 6. The largest absolute Gasteiger partial charge is 0.341 e. The minimum Gasteiger partial charge on any atom is -0.323 e. The lowest BCUT2D eigenvalue weighted by molar-refractivity contribution is 0.346. The number of hydrogen-bond donors (Lipinski definition) is 2. The van der Waals surface area contributed by atoms with Gasteiger partial charge in [-0.3, -0.25) is 4.57 Å². The molecular formula is C8H15N2O3PS3. The molecule has 17 heavy (non-hydrogen) atoms. The Labute approximate surface area is 113 Å². The molecule has 0 aliphatic carbocycles. The summed E-state index contributed by atoms with van der Waals surface area (Å²) in [6, 6.07) is 0. The first kappa shape index (κ1) is 15.5. The van der Waals surface area contributed by atoms with Gasteiger partial charge in [0, 0.05) is 0 Å². The summed E-state index contributed by atoms with van der Waals surface area (Å²) >= 11 is 3.99. The predicted molar refractivity (Wildman–Crippen MR) is 72.9 cm³/mol. The Morgan fingerprint density at radius 2 is 1.82 bits per heavy atom. The second kappa shape index (κ2) is 6.04. The van der Waals surface area contributed by atoms with Crippen molar-refractivity contribution in [2.24, 2.45) is 0 Å². The van der Waals surface area contributed by atoms with E-state index in [2.05, 4.69) is 10.2 Å². The summed E-state index contributed by atoms with van der Waals surface area (Å²) < 4.78 is 12.0. The van der Waals surface area contributed by atoms with Gasteiger partial charge in [-0.05, 0) is 19.1 Å². The Bertz CT molecular complexity index is 416. The average Bonchev–Trinajstić information content (AvgIpc) is 2.71. The van der Waals surface area contributed by atoms with E-state index in [-0.39, 0.29) is 0 Å². The molecule has 0 saturated carbocycles. The maximum Gasteiger partial charge on any atom is 0.341 e. The first-order valence-electron chi connectivity index (χ1n) is 5.00. The lowest BCUT2D eigenvalue weighted by atomic mass is 10.2. The van der Waals surface area contributed by atoms with Gasteiger partial charge in [-0.1, -0.05) is 48.7 Å². The molecule has 0 spiro atoms. The van der Waals surface area contributed by atoms with Gasteiger partial charge in [-0.15, -0.1) is 10.2 Å². The first-order valence-corrected chi connectivity index (χ1v) is 9.47. The van der Waals surface area contributed by atoms with Gasteiger partial charge in [0.15, 0.2) is 8.68 Å². The summed E-state index contributed by atoms with van der Waals surface area (Å²) in [5.74, 6) is 0. The van der Waals surface area contributed by atoms with E-state index in [9.17, 15) is 14.4 Å². The highest BCUT2D eigenvalue weighted by Crippen LogP contribution is 2.62. The molecule has 0 aliphatic heterocycles. The summed E-state index contributed by atoms with van der Waals surface area (Å²) in [7, 11) is -4.18. The Morgan fingerprint density at radius 1 is 1.29 bits per heavy atom. The lowest BCUT2D eigenvalue weighted by Gasteiger charge is -2.30. The van der Waals surface area contributed by atoms with Crippen LogP contribution < -0.4 is 0 Å². The summed E-state index contributed by atoms with van der Waals surface area (Å²) in [5.41, 5.74) is 0. The first-order chi connectivity index (χ1) is 7.88. The molecule has 2 N–H and O–H groups in total. The van der Waals surface area contributed by atoms with Gasteiger partial charge in [0.2, 0.25) is 0 Å². The molecule has 1 rings (SSSR count). The molecule has 9 heteroatoms. The molecule has 0 atom stereocenters. The molecule has 0 bridgehead atoms. The third-order valence-electron chi connectivity index (χ3n) is 2.48. The van der Waals surface area contributed by atoms with Gasteiger partial charge in [-0.2, -0.15) is 0 Å². The van der Waals surface area contributed by atoms with Gasteiger partial charge < -0.3 is 9.79 Å². The van der Waals surface area contributed by atoms with E-state index in [1.165, 1.54) is 23.1 Å². The van der Waals surface area contributed by atoms with Gasteiger partial charge in [0.1, 0.15) is 4.49 Å². The fourth-order valence-corrected chi connectivity index (χ4v) is 5.83. The van der Waals surface area contributed by atoms with E-state index in [0.717, 1.165) is 16.1 Å². The molecule has 1 aromatic rings. The van der Waals surface area contributed by atoms with Gasteiger partial charge in [0.05, 0.1) is 0 Å². The van der Waals surface area contributed by atoms with Crippen LogP contribution in [-0.2, 0) is 4.57 Å². The highest BCUT2D eigenvalue weighted by atomic mass is 32.2. The second-order valence-electron chi connectivity index (χ2n) is 3.34. The van der Waals surface area contributed by atoms with Crippen molar-refractivity contribution in [2.45, 2.75) is 39.9 Å². The number of thioether (sulfide) groups is 2. The van der Waals surface area contributed by atoms with Gasteiger partial charge >= 0.3 is 7.60 Å². The number of aromatic nitrogens is 2. The molecule has 0 aromatic carbocycles. The van der Waals surface area contributed by atoms with E-state index in [0.29, 0.717) is 17.2 Å². The van der Waals surface area contributed by atoms with Crippen molar-refractivity contribution in [3.63, 3.8) is 0 Å². The molecule has 1 aromatic heterocycles. The van der Waals surface area contributed by atoms with E-state index in [1.807, 2.05) is 6.26 Å². The SMILES string of the molecule is CCC(CC)(Sc1nnc(SC)s1)P(=O)(O)O. The van der Waals surface area contributed by atoms with Crippen molar-refractivity contribution < 1.29 is 14.4 Å². The van der Waals surface area contributed by atoms with E-state index < -0.39 is 12.1 Å². The maximum absolute atomic E-state index is 11.6. The molecule has 0 amide bonds. The summed E-state index contributed by atoms with van der Waals surface area (Å²) in [5, 5.41) is 7.88. The topological polar surface area (TPSA) is 83.3 Å². The quantitative estimate of drug-likeness (QED) is 0.616. The van der Waals surface area contributed by atoms with Crippen molar-refractivity contribution in [2.75, 3.05) is 6.26 Å². The summed E-state index contributed by atoms with van der Waals surface area (Å²) in [4.78, 5) is 19.0. The van der Waals surface area contributed by atoms with Crippen molar-refractivity contribution in [1.82, 2.24) is 10.2 Å². The van der Waals surface area contributed by atoms with Crippen LogP contribution in [0.4, 0.5) is 0 Å². The third kappa shape index (κ3) is 3.45. The van der Waals surface area contributed by atoms with Crippen LogP contribution in [0.15, 0.2) is 8.68 Å². The van der Waals surface area contributed by atoms with Crippen molar-refractivity contribution in [3.8, 4) is 0 Å². The zero-order valence-corrected chi connectivity index (χ0v) is 13.1. The number of hydrogen-bond acceptors (Lipinski definition) is 6. The Balaban J connectivity index is 2.98. The normalized spacial score (nSPS) is 13.0. The van der Waals surface area contributed by atoms with Gasteiger partial charge in [0.25, 0.3) is 0 Å². The minimum atomic E-state index is -4.18. The van der Waals surface area contributed by atoms with Crippen LogP contribution in [0.5, 0.6) is 0 Å². The van der Waals surface area contributed by atoms with Gasteiger partial charge in [-0.25, -0.2) is 0 Å². The molecule has 0 unspecified atom stereocenters.